The van der Waals surface area contributed by atoms with Gasteiger partial charge in [0.2, 0.25) is 5.91 Å². The first-order valence-corrected chi connectivity index (χ1v) is 9.18. The van der Waals surface area contributed by atoms with Gasteiger partial charge in [0.05, 0.1) is 12.2 Å². The second kappa shape index (κ2) is 7.31. The quantitative estimate of drug-likeness (QED) is 0.853. The van der Waals surface area contributed by atoms with Crippen LogP contribution in [0.4, 0.5) is 11.4 Å². The standard InChI is InChI=1S/C21H22N2O4/c1-14-3-2-4-17(11-14)26-10-9-23-18-12-16(22-21(25)15-5-6-15)7-8-19(18)27-13-20(23)24/h2-4,7-8,11-12,15H,5-6,9-10,13H2,1H3,(H,22,25). The number of carbonyl (C=O) groups is 2. The van der Waals surface area contributed by atoms with Gasteiger partial charge in [-0.2, -0.15) is 0 Å². The summed E-state index contributed by atoms with van der Waals surface area (Å²) in [6, 6.07) is 13.2. The van der Waals surface area contributed by atoms with Crippen molar-refractivity contribution in [3.8, 4) is 11.5 Å². The van der Waals surface area contributed by atoms with E-state index in [1.807, 2.05) is 31.2 Å². The first kappa shape index (κ1) is 17.4. The summed E-state index contributed by atoms with van der Waals surface area (Å²) >= 11 is 0. The maximum atomic E-state index is 12.4. The smallest absolute Gasteiger partial charge is 0.265 e. The molecule has 1 aliphatic carbocycles. The molecule has 0 radical (unpaired) electrons. The van der Waals surface area contributed by atoms with Crippen molar-refractivity contribution in [2.45, 2.75) is 19.8 Å². The Morgan fingerprint density at radius 3 is 2.89 bits per heavy atom. The molecule has 0 atom stereocenters. The zero-order valence-electron chi connectivity index (χ0n) is 15.2. The molecule has 0 aromatic heterocycles. The SMILES string of the molecule is Cc1cccc(OCCN2C(=O)COc3ccc(NC(=O)C4CC4)cc32)c1. The first-order valence-electron chi connectivity index (χ1n) is 9.18. The van der Waals surface area contributed by atoms with Crippen LogP contribution in [0.5, 0.6) is 11.5 Å². The highest BCUT2D eigenvalue weighted by molar-refractivity contribution is 6.00. The average molecular weight is 366 g/mol. The Kier molecular flexibility index (Phi) is 4.71. The van der Waals surface area contributed by atoms with E-state index in [-0.39, 0.29) is 24.3 Å². The van der Waals surface area contributed by atoms with Crippen LogP contribution in [0.15, 0.2) is 42.5 Å². The van der Waals surface area contributed by atoms with Crippen molar-refractivity contribution in [1.29, 1.82) is 0 Å². The third-order valence-electron chi connectivity index (χ3n) is 4.69. The molecule has 0 bridgehead atoms. The summed E-state index contributed by atoms with van der Waals surface area (Å²) in [6.45, 7) is 2.79. The first-order chi connectivity index (χ1) is 13.1. The lowest BCUT2D eigenvalue weighted by atomic mass is 10.2. The van der Waals surface area contributed by atoms with Crippen LogP contribution in [0.2, 0.25) is 0 Å². The Hall–Kier alpha value is -3.02. The number of benzene rings is 2. The van der Waals surface area contributed by atoms with Gasteiger partial charge in [0, 0.05) is 11.6 Å². The molecule has 1 fully saturated rings. The summed E-state index contributed by atoms with van der Waals surface area (Å²) in [5, 5.41) is 2.91. The highest BCUT2D eigenvalue weighted by Gasteiger charge is 2.30. The number of anilines is 2. The fourth-order valence-electron chi connectivity index (χ4n) is 3.07. The largest absolute Gasteiger partial charge is 0.492 e. The molecule has 4 rings (SSSR count). The van der Waals surface area contributed by atoms with Crippen LogP contribution < -0.4 is 19.7 Å². The molecular weight excluding hydrogens is 344 g/mol. The van der Waals surface area contributed by atoms with Crippen molar-refractivity contribution >= 4 is 23.2 Å². The Labute approximate surface area is 158 Å². The fourth-order valence-corrected chi connectivity index (χ4v) is 3.07. The molecule has 2 aromatic carbocycles. The Morgan fingerprint density at radius 2 is 2.11 bits per heavy atom. The van der Waals surface area contributed by atoms with Gasteiger partial charge in [-0.25, -0.2) is 0 Å². The van der Waals surface area contributed by atoms with E-state index in [9.17, 15) is 9.59 Å². The van der Waals surface area contributed by atoms with Crippen molar-refractivity contribution < 1.29 is 19.1 Å². The van der Waals surface area contributed by atoms with E-state index in [0.29, 0.717) is 30.3 Å². The third-order valence-corrected chi connectivity index (χ3v) is 4.69. The topological polar surface area (TPSA) is 67.9 Å². The van der Waals surface area contributed by atoms with Crippen molar-refractivity contribution in [2.24, 2.45) is 5.92 Å². The molecular formula is C21H22N2O4. The molecule has 1 N–H and O–H groups in total. The van der Waals surface area contributed by atoms with Crippen LogP contribution in [0.1, 0.15) is 18.4 Å². The summed E-state index contributed by atoms with van der Waals surface area (Å²) in [7, 11) is 0. The van der Waals surface area contributed by atoms with Crippen LogP contribution in [-0.4, -0.2) is 31.6 Å². The summed E-state index contributed by atoms with van der Waals surface area (Å²) in [4.78, 5) is 26.0. The maximum absolute atomic E-state index is 12.4. The molecule has 0 unspecified atom stereocenters. The fraction of sp³-hybridized carbons (Fsp3) is 0.333. The van der Waals surface area contributed by atoms with Crippen LogP contribution >= 0.6 is 0 Å². The summed E-state index contributed by atoms with van der Waals surface area (Å²) in [6.07, 6.45) is 1.89. The van der Waals surface area contributed by atoms with Crippen LogP contribution in [0.25, 0.3) is 0 Å². The number of hydrogen-bond acceptors (Lipinski definition) is 4. The second-order valence-electron chi connectivity index (χ2n) is 6.95. The molecule has 6 heteroatoms. The number of aryl methyl sites for hydroxylation is 1. The average Bonchev–Trinajstić information content (AvgIpc) is 3.49. The van der Waals surface area contributed by atoms with Crippen molar-refractivity contribution in [2.75, 3.05) is 30.0 Å². The predicted octanol–water partition coefficient (Wildman–Crippen LogP) is 3.15. The Morgan fingerprint density at radius 1 is 1.26 bits per heavy atom. The van der Waals surface area contributed by atoms with Gasteiger partial charge in [0.15, 0.2) is 6.61 Å². The second-order valence-corrected chi connectivity index (χ2v) is 6.95. The van der Waals surface area contributed by atoms with Gasteiger partial charge in [-0.15, -0.1) is 0 Å². The number of fused-ring (bicyclic) bond motifs is 1. The molecule has 0 saturated heterocycles. The van der Waals surface area contributed by atoms with Crippen molar-refractivity contribution in [3.05, 3.63) is 48.0 Å². The lowest BCUT2D eigenvalue weighted by molar-refractivity contribution is -0.121. The number of ether oxygens (including phenoxy) is 2. The molecule has 1 saturated carbocycles. The van der Waals surface area contributed by atoms with Gasteiger partial charge in [0.25, 0.3) is 5.91 Å². The minimum Gasteiger partial charge on any atom is -0.492 e. The predicted molar refractivity (Wildman–Crippen MR) is 102 cm³/mol. The molecule has 2 aliphatic rings. The van der Waals surface area contributed by atoms with Gasteiger partial charge >= 0.3 is 0 Å². The lowest BCUT2D eigenvalue weighted by Crippen LogP contribution is -2.41. The number of nitrogens with zero attached hydrogens (tertiary/aromatic N) is 1. The highest BCUT2D eigenvalue weighted by atomic mass is 16.5. The van der Waals surface area contributed by atoms with E-state index in [4.69, 9.17) is 9.47 Å². The van der Waals surface area contributed by atoms with Gasteiger partial charge in [-0.1, -0.05) is 12.1 Å². The molecule has 2 amide bonds. The highest BCUT2D eigenvalue weighted by Crippen LogP contribution is 2.36. The van der Waals surface area contributed by atoms with E-state index >= 15 is 0 Å². The number of amides is 2. The Balaban J connectivity index is 1.46. The van der Waals surface area contributed by atoms with Gasteiger partial charge in [-0.3, -0.25) is 9.59 Å². The Bertz CT molecular complexity index is 876. The van der Waals surface area contributed by atoms with Gasteiger partial charge in [-0.05, 0) is 55.7 Å². The third kappa shape index (κ3) is 4.05. The number of nitrogens with one attached hydrogen (secondary N) is 1. The van der Waals surface area contributed by atoms with Gasteiger partial charge in [0.1, 0.15) is 18.1 Å². The maximum Gasteiger partial charge on any atom is 0.265 e. The minimum absolute atomic E-state index is 0.00518. The molecule has 2 aromatic rings. The molecule has 1 heterocycles. The zero-order valence-corrected chi connectivity index (χ0v) is 15.2. The van der Waals surface area contributed by atoms with Crippen molar-refractivity contribution in [1.82, 2.24) is 0 Å². The molecule has 1 aliphatic heterocycles. The summed E-state index contributed by atoms with van der Waals surface area (Å²) in [5.41, 5.74) is 2.46. The molecule has 140 valence electrons. The minimum atomic E-state index is -0.124. The molecule has 0 spiro atoms. The van der Waals surface area contributed by atoms with Crippen LogP contribution in [-0.2, 0) is 9.59 Å². The van der Waals surface area contributed by atoms with E-state index in [1.165, 1.54) is 0 Å². The summed E-state index contributed by atoms with van der Waals surface area (Å²) in [5.74, 6) is 1.45. The molecule has 6 nitrogen and oxygen atoms in total. The normalized spacial score (nSPS) is 15.7. The van der Waals surface area contributed by atoms with E-state index in [1.54, 1.807) is 23.1 Å². The van der Waals surface area contributed by atoms with E-state index < -0.39 is 0 Å². The van der Waals surface area contributed by atoms with Gasteiger partial charge < -0.3 is 19.7 Å². The number of carbonyl (C=O) groups excluding carboxylic acids is 2. The lowest BCUT2D eigenvalue weighted by Gasteiger charge is -2.29. The number of hydrogen-bond donors (Lipinski definition) is 1. The van der Waals surface area contributed by atoms with E-state index in [2.05, 4.69) is 5.32 Å². The zero-order chi connectivity index (χ0) is 18.8. The molecule has 27 heavy (non-hydrogen) atoms. The van der Waals surface area contributed by atoms with Crippen LogP contribution in [0, 0.1) is 12.8 Å². The summed E-state index contributed by atoms with van der Waals surface area (Å²) < 4.78 is 11.3. The van der Waals surface area contributed by atoms with Crippen molar-refractivity contribution in [3.63, 3.8) is 0 Å². The number of rotatable bonds is 6. The van der Waals surface area contributed by atoms with E-state index in [0.717, 1.165) is 24.2 Å². The van der Waals surface area contributed by atoms with Crippen LogP contribution in [0.3, 0.4) is 0 Å². The monoisotopic (exact) mass is 366 g/mol.